The molecule has 2 fully saturated rings. The van der Waals surface area contributed by atoms with Crippen molar-refractivity contribution in [3.05, 3.63) is 48.4 Å². The second kappa shape index (κ2) is 9.42. The molecular weight excluding hydrogens is 475 g/mol. The van der Waals surface area contributed by atoms with Gasteiger partial charge in [0, 0.05) is 62.0 Å². The second-order valence-corrected chi connectivity index (χ2v) is 10.6. The fourth-order valence-corrected chi connectivity index (χ4v) is 6.08. The van der Waals surface area contributed by atoms with Gasteiger partial charge in [0.05, 0.1) is 11.8 Å². The molecule has 3 aromatic rings. The van der Waals surface area contributed by atoms with Gasteiger partial charge in [-0.2, -0.15) is 13.2 Å². The van der Waals surface area contributed by atoms with Gasteiger partial charge in [0.25, 0.3) is 0 Å². The Morgan fingerprint density at radius 3 is 2.66 bits per heavy atom. The highest BCUT2D eigenvalue weighted by atomic mass is 32.2. The van der Waals surface area contributed by atoms with Crippen molar-refractivity contribution in [1.82, 2.24) is 29.6 Å². The fourth-order valence-electron chi connectivity index (χ4n) is 5.25. The van der Waals surface area contributed by atoms with E-state index in [4.69, 9.17) is 0 Å². The summed E-state index contributed by atoms with van der Waals surface area (Å²) in [5, 5.41) is 9.41. The highest BCUT2D eigenvalue weighted by Gasteiger charge is 2.50. The molecule has 0 aliphatic carbocycles. The van der Waals surface area contributed by atoms with Crippen LogP contribution in [0.15, 0.2) is 48.0 Å². The molecule has 0 radical (unpaired) electrons. The standard InChI is InChI=1S/C24H28F3N7S/c1-23-8-12-34(18-6-4-17(5-7-18)24(25,26)27)20(23)15-33(16-23)11-3-13-35-22-31-30-21(32(22)2)19-14-28-9-10-29-19/h4-7,9-10,14,20H,3,8,11-13,15-16H2,1-2H3/t20-,23+/m1/s1. The number of aromatic nitrogens is 5. The minimum absolute atomic E-state index is 0.158. The first-order chi connectivity index (χ1) is 16.7. The van der Waals surface area contributed by atoms with Crippen LogP contribution < -0.4 is 4.90 Å². The van der Waals surface area contributed by atoms with Gasteiger partial charge in [-0.25, -0.2) is 4.98 Å². The topological polar surface area (TPSA) is 63.0 Å². The lowest BCUT2D eigenvalue weighted by molar-refractivity contribution is -0.137. The maximum absolute atomic E-state index is 12.9. The second-order valence-electron chi connectivity index (χ2n) is 9.55. The van der Waals surface area contributed by atoms with E-state index in [1.165, 1.54) is 12.1 Å². The molecule has 0 N–H and O–H groups in total. The maximum Gasteiger partial charge on any atom is 0.416 e. The molecule has 0 bridgehead atoms. The number of hydrogen-bond acceptors (Lipinski definition) is 7. The van der Waals surface area contributed by atoms with Crippen LogP contribution in [0.2, 0.25) is 0 Å². The van der Waals surface area contributed by atoms with Gasteiger partial charge in [0.15, 0.2) is 11.0 Å². The molecule has 0 unspecified atom stereocenters. The van der Waals surface area contributed by atoms with E-state index in [0.29, 0.717) is 17.6 Å². The molecule has 2 saturated heterocycles. The number of anilines is 1. The van der Waals surface area contributed by atoms with E-state index in [-0.39, 0.29) is 5.41 Å². The van der Waals surface area contributed by atoms with Crippen LogP contribution in [0.5, 0.6) is 0 Å². The minimum atomic E-state index is -4.30. The SMILES string of the molecule is Cn1c(SCCCN2C[C@H]3N(c4ccc(C(F)(F)F)cc4)CC[C@@]3(C)C2)nnc1-c1cnccn1. The summed E-state index contributed by atoms with van der Waals surface area (Å²) < 4.78 is 40.8. The van der Waals surface area contributed by atoms with Crippen LogP contribution in [0.3, 0.4) is 0 Å². The molecule has 35 heavy (non-hydrogen) atoms. The lowest BCUT2D eigenvalue weighted by Gasteiger charge is -2.30. The van der Waals surface area contributed by atoms with Crippen molar-refractivity contribution in [1.29, 1.82) is 0 Å². The van der Waals surface area contributed by atoms with Gasteiger partial charge >= 0.3 is 6.18 Å². The zero-order valence-electron chi connectivity index (χ0n) is 19.7. The van der Waals surface area contributed by atoms with Crippen LogP contribution in [-0.4, -0.2) is 67.6 Å². The molecule has 7 nitrogen and oxygen atoms in total. The van der Waals surface area contributed by atoms with E-state index >= 15 is 0 Å². The normalized spacial score (nSPS) is 22.7. The summed E-state index contributed by atoms with van der Waals surface area (Å²) in [4.78, 5) is 13.2. The Balaban J connectivity index is 1.14. The molecule has 5 rings (SSSR count). The Hall–Kier alpha value is -2.66. The van der Waals surface area contributed by atoms with Crippen molar-refractivity contribution < 1.29 is 13.2 Å². The number of alkyl halides is 3. The van der Waals surface area contributed by atoms with Crippen LogP contribution in [0, 0.1) is 5.41 Å². The zero-order valence-corrected chi connectivity index (χ0v) is 20.6. The van der Waals surface area contributed by atoms with Crippen LogP contribution in [0.4, 0.5) is 18.9 Å². The summed E-state index contributed by atoms with van der Waals surface area (Å²) in [7, 11) is 1.94. The van der Waals surface area contributed by atoms with Crippen molar-refractivity contribution in [2.45, 2.75) is 37.1 Å². The number of fused-ring (bicyclic) bond motifs is 1. The monoisotopic (exact) mass is 503 g/mol. The summed E-state index contributed by atoms with van der Waals surface area (Å²) in [5.41, 5.74) is 1.14. The van der Waals surface area contributed by atoms with Gasteiger partial charge in [0.2, 0.25) is 0 Å². The smallest absolute Gasteiger partial charge is 0.367 e. The van der Waals surface area contributed by atoms with E-state index in [0.717, 1.165) is 55.6 Å². The lowest BCUT2D eigenvalue weighted by Crippen LogP contribution is -2.37. The molecule has 11 heteroatoms. The molecule has 4 heterocycles. The number of halogens is 3. The van der Waals surface area contributed by atoms with Crippen molar-refractivity contribution in [3.8, 4) is 11.5 Å². The largest absolute Gasteiger partial charge is 0.416 e. The third-order valence-electron chi connectivity index (χ3n) is 7.12. The fraction of sp³-hybridized carbons (Fsp3) is 0.500. The summed E-state index contributed by atoms with van der Waals surface area (Å²) >= 11 is 1.68. The molecule has 2 aliphatic rings. The summed E-state index contributed by atoms with van der Waals surface area (Å²) in [6, 6.07) is 5.93. The van der Waals surface area contributed by atoms with E-state index in [2.05, 4.69) is 36.9 Å². The number of nitrogens with zero attached hydrogens (tertiary/aromatic N) is 7. The Morgan fingerprint density at radius 1 is 1.14 bits per heavy atom. The van der Waals surface area contributed by atoms with Crippen molar-refractivity contribution in [3.63, 3.8) is 0 Å². The summed E-state index contributed by atoms with van der Waals surface area (Å²) in [5.74, 6) is 1.62. The Morgan fingerprint density at radius 2 is 1.94 bits per heavy atom. The first kappa shape index (κ1) is 24.1. The Kier molecular flexibility index (Phi) is 6.47. The van der Waals surface area contributed by atoms with Crippen LogP contribution in [-0.2, 0) is 13.2 Å². The first-order valence-corrected chi connectivity index (χ1v) is 12.7. The number of thioether (sulfide) groups is 1. The molecule has 0 amide bonds. The molecule has 186 valence electrons. The third kappa shape index (κ3) is 4.88. The highest BCUT2D eigenvalue weighted by Crippen LogP contribution is 2.44. The molecule has 1 aromatic carbocycles. The predicted molar refractivity (Wildman–Crippen MR) is 129 cm³/mol. The van der Waals surface area contributed by atoms with E-state index in [1.807, 2.05) is 11.6 Å². The zero-order chi connectivity index (χ0) is 24.6. The van der Waals surface area contributed by atoms with E-state index in [9.17, 15) is 13.2 Å². The minimum Gasteiger partial charge on any atom is -0.367 e. The van der Waals surface area contributed by atoms with E-state index in [1.54, 1.807) is 42.5 Å². The Bertz CT molecular complexity index is 1150. The van der Waals surface area contributed by atoms with Crippen molar-refractivity contribution in [2.24, 2.45) is 12.5 Å². The average Bonchev–Trinajstić information content (AvgIpc) is 3.47. The first-order valence-electron chi connectivity index (χ1n) is 11.7. The molecule has 2 aliphatic heterocycles. The number of rotatable bonds is 7. The van der Waals surface area contributed by atoms with Crippen LogP contribution in [0.25, 0.3) is 11.5 Å². The van der Waals surface area contributed by atoms with Gasteiger partial charge in [-0.05, 0) is 43.7 Å². The average molecular weight is 504 g/mol. The number of likely N-dealkylation sites (tertiary alicyclic amines) is 1. The molecular formula is C24H28F3N7S. The number of hydrogen-bond donors (Lipinski definition) is 0. The molecule has 2 atom stereocenters. The van der Waals surface area contributed by atoms with Gasteiger partial charge in [0.1, 0.15) is 5.69 Å². The lowest BCUT2D eigenvalue weighted by atomic mass is 9.85. The van der Waals surface area contributed by atoms with E-state index < -0.39 is 11.7 Å². The summed E-state index contributed by atoms with van der Waals surface area (Å²) in [6.07, 6.45) is 2.71. The Labute approximate surface area is 206 Å². The van der Waals surface area contributed by atoms with Crippen molar-refractivity contribution >= 4 is 17.4 Å². The summed E-state index contributed by atoms with van der Waals surface area (Å²) in [6.45, 7) is 6.12. The van der Waals surface area contributed by atoms with Gasteiger partial charge in [-0.1, -0.05) is 18.7 Å². The van der Waals surface area contributed by atoms with Crippen LogP contribution >= 0.6 is 11.8 Å². The predicted octanol–water partition coefficient (Wildman–Crippen LogP) is 4.37. The number of benzene rings is 1. The third-order valence-corrected chi connectivity index (χ3v) is 8.23. The highest BCUT2D eigenvalue weighted by molar-refractivity contribution is 7.99. The van der Waals surface area contributed by atoms with Crippen LogP contribution in [0.1, 0.15) is 25.3 Å². The molecule has 2 aromatic heterocycles. The van der Waals surface area contributed by atoms with Crippen molar-refractivity contribution in [2.75, 3.05) is 36.8 Å². The quantitative estimate of drug-likeness (QED) is 0.350. The molecule has 0 spiro atoms. The maximum atomic E-state index is 12.9. The van der Waals surface area contributed by atoms with Gasteiger partial charge in [-0.3, -0.25) is 4.98 Å². The van der Waals surface area contributed by atoms with Gasteiger partial charge in [-0.15, -0.1) is 10.2 Å². The van der Waals surface area contributed by atoms with Gasteiger partial charge < -0.3 is 14.4 Å². The molecule has 0 saturated carbocycles.